The van der Waals surface area contributed by atoms with Gasteiger partial charge in [0.2, 0.25) is 11.6 Å². The molecule has 14 heavy (non-hydrogen) atoms. The van der Waals surface area contributed by atoms with E-state index in [1.807, 2.05) is 0 Å². The molecule has 0 aromatic heterocycles. The molecule has 2 aliphatic rings. The van der Waals surface area contributed by atoms with Crippen LogP contribution < -0.4 is 5.11 Å². The van der Waals surface area contributed by atoms with E-state index in [0.29, 0.717) is 5.78 Å². The molecule has 3 atom stereocenters. The van der Waals surface area contributed by atoms with Crippen LogP contribution in [0.25, 0.3) is 0 Å². The van der Waals surface area contributed by atoms with E-state index < -0.39 is 13.3 Å². The third-order valence-corrected chi connectivity index (χ3v) is 4.88. The third-order valence-electron chi connectivity index (χ3n) is 2.08. The van der Waals surface area contributed by atoms with Crippen molar-refractivity contribution >= 4 is 13.3 Å². The lowest BCUT2D eigenvalue weighted by Gasteiger charge is -2.24. The first-order valence-corrected chi connectivity index (χ1v) is 5.92. The number of nitrogens with zero attached hydrogens (tertiary/aromatic N) is 1. The SMILES string of the molecule is C=CC(=O)[O-].C[N+](C)(C)C1C2OP21=O. The van der Waals surface area contributed by atoms with Crippen LogP contribution in [0, 0.1) is 0 Å². The average Bonchev–Trinajstić information content (AvgIpc) is 2.74. The van der Waals surface area contributed by atoms with Gasteiger partial charge in [0, 0.05) is 0 Å². The van der Waals surface area contributed by atoms with Gasteiger partial charge in [-0.3, -0.25) is 4.57 Å². The average molecular weight is 219 g/mol. The Labute approximate surface area is 83.0 Å². The second-order valence-electron chi connectivity index (χ2n) is 4.19. The molecule has 0 aromatic carbocycles. The largest absolute Gasteiger partial charge is 0.545 e. The summed E-state index contributed by atoms with van der Waals surface area (Å²) in [6, 6.07) is 0. The number of carboxylic acid groups (broad SMARTS) is 1. The van der Waals surface area contributed by atoms with Gasteiger partial charge in [-0.05, 0) is 6.08 Å². The minimum atomic E-state index is -1.98. The standard InChI is InChI=1S/C5H11NO2P.C3H4O2/c1-6(2,3)4-5-8-9(4,5)7;1-2-3(4)5/h4-5H,1-3H3;2H,1H2,(H,4,5)/q+1;/p-1. The Morgan fingerprint density at radius 3 is 1.93 bits per heavy atom. The topological polar surface area (TPSA) is 69.7 Å². The first-order valence-electron chi connectivity index (χ1n) is 4.16. The Morgan fingerprint density at radius 1 is 1.57 bits per heavy atom. The molecule has 0 aromatic rings. The van der Waals surface area contributed by atoms with Gasteiger partial charge in [-0.2, -0.15) is 0 Å². The fraction of sp³-hybridized carbons (Fsp3) is 0.625. The van der Waals surface area contributed by atoms with Gasteiger partial charge in [0.05, 0.1) is 27.1 Å². The van der Waals surface area contributed by atoms with E-state index in [4.69, 9.17) is 14.4 Å². The minimum Gasteiger partial charge on any atom is -0.545 e. The van der Waals surface area contributed by atoms with Crippen molar-refractivity contribution in [3.63, 3.8) is 0 Å². The zero-order valence-corrected chi connectivity index (χ0v) is 9.36. The van der Waals surface area contributed by atoms with Gasteiger partial charge in [0.1, 0.15) is 0 Å². The van der Waals surface area contributed by atoms with Crippen molar-refractivity contribution in [2.45, 2.75) is 11.6 Å². The van der Waals surface area contributed by atoms with Crippen LogP contribution in [0.5, 0.6) is 0 Å². The third kappa shape index (κ3) is 2.05. The van der Waals surface area contributed by atoms with Crippen molar-refractivity contribution in [3.8, 4) is 0 Å². The predicted octanol–water partition coefficient (Wildman–Crippen LogP) is -0.411. The zero-order valence-electron chi connectivity index (χ0n) is 8.47. The normalized spacial score (nSPS) is 37.4. The quantitative estimate of drug-likeness (QED) is 0.274. The lowest BCUT2D eigenvalue weighted by atomic mass is 10.5. The number of rotatable bonds is 2. The number of carbonyl (C=O) groups excluding carboxylic acids is 1. The summed E-state index contributed by atoms with van der Waals surface area (Å²) in [7, 11) is 4.18. The molecule has 0 spiro atoms. The van der Waals surface area contributed by atoms with Gasteiger partial charge in [-0.25, -0.2) is 0 Å². The van der Waals surface area contributed by atoms with Crippen molar-refractivity contribution in [2.24, 2.45) is 0 Å². The van der Waals surface area contributed by atoms with Crippen LogP contribution in [-0.2, 0) is 13.9 Å². The highest BCUT2D eigenvalue weighted by Gasteiger charge is 2.88. The van der Waals surface area contributed by atoms with E-state index in [9.17, 15) is 4.57 Å². The van der Waals surface area contributed by atoms with Crippen LogP contribution in [0.1, 0.15) is 0 Å². The summed E-state index contributed by atoms with van der Waals surface area (Å²) in [6.45, 7) is 2.90. The van der Waals surface area contributed by atoms with Crippen LogP contribution >= 0.6 is 7.37 Å². The van der Waals surface area contributed by atoms with E-state index in [0.717, 1.165) is 10.6 Å². The van der Waals surface area contributed by atoms with Gasteiger partial charge < -0.3 is 18.9 Å². The highest BCUT2D eigenvalue weighted by Crippen LogP contribution is 2.93. The number of aliphatic carboxylic acids is 1. The molecule has 0 aliphatic carbocycles. The predicted molar refractivity (Wildman–Crippen MR) is 49.5 cm³/mol. The molecular formula is C8H14NO4P. The van der Waals surface area contributed by atoms with Crippen molar-refractivity contribution in [2.75, 3.05) is 21.1 Å². The Morgan fingerprint density at radius 2 is 1.93 bits per heavy atom. The minimum absolute atomic E-state index is 0.150. The summed E-state index contributed by atoms with van der Waals surface area (Å²) >= 11 is 0. The van der Waals surface area contributed by atoms with Gasteiger partial charge in [0.15, 0.2) is 0 Å². The number of fused-ring (bicyclic) bond motifs is 1. The van der Waals surface area contributed by atoms with E-state index in [-0.39, 0.29) is 5.85 Å². The van der Waals surface area contributed by atoms with Crippen molar-refractivity contribution in [1.29, 1.82) is 0 Å². The monoisotopic (exact) mass is 219 g/mol. The molecule has 2 saturated heterocycles. The molecule has 3 unspecified atom stereocenters. The molecular weight excluding hydrogens is 205 g/mol. The highest BCUT2D eigenvalue weighted by molar-refractivity contribution is 7.74. The molecule has 2 heterocycles. The van der Waals surface area contributed by atoms with E-state index in [1.54, 1.807) is 0 Å². The van der Waals surface area contributed by atoms with Gasteiger partial charge in [0.25, 0.3) is 7.37 Å². The molecule has 80 valence electrons. The van der Waals surface area contributed by atoms with Gasteiger partial charge >= 0.3 is 0 Å². The van der Waals surface area contributed by atoms with Crippen LogP contribution in [0.15, 0.2) is 12.7 Å². The molecule has 0 bridgehead atoms. The molecule has 2 fully saturated rings. The molecule has 0 saturated carbocycles. The Hall–Kier alpha value is -0.640. The Kier molecular flexibility index (Phi) is 2.61. The summed E-state index contributed by atoms with van der Waals surface area (Å²) in [5.41, 5.74) is 0. The fourth-order valence-electron chi connectivity index (χ4n) is 1.32. The van der Waals surface area contributed by atoms with E-state index in [2.05, 4.69) is 27.7 Å². The molecule has 0 radical (unpaired) electrons. The van der Waals surface area contributed by atoms with Crippen molar-refractivity contribution in [3.05, 3.63) is 12.7 Å². The molecule has 0 N–H and O–H groups in total. The molecule has 0 amide bonds. The summed E-state index contributed by atoms with van der Waals surface area (Å²) in [5, 5.41) is 9.14. The maximum atomic E-state index is 11.1. The fourth-order valence-corrected chi connectivity index (χ4v) is 4.21. The summed E-state index contributed by atoms with van der Waals surface area (Å²) in [6.07, 6.45) is 0.722. The molecule has 2 rings (SSSR count). The lowest BCUT2D eigenvalue weighted by Crippen LogP contribution is -2.40. The number of hydrogen-bond donors (Lipinski definition) is 0. The molecule has 6 heteroatoms. The van der Waals surface area contributed by atoms with E-state index >= 15 is 0 Å². The second kappa shape index (κ2) is 3.19. The number of likely N-dealkylation sites (N-methyl/N-ethyl adjacent to an activating group) is 1. The summed E-state index contributed by atoms with van der Waals surface area (Å²) < 4.78 is 16.8. The van der Waals surface area contributed by atoms with Crippen LogP contribution in [0.4, 0.5) is 0 Å². The van der Waals surface area contributed by atoms with E-state index in [1.165, 1.54) is 0 Å². The lowest BCUT2D eigenvalue weighted by molar-refractivity contribution is -0.879. The van der Waals surface area contributed by atoms with Gasteiger partial charge in [-0.15, -0.1) is 0 Å². The summed E-state index contributed by atoms with van der Waals surface area (Å²) in [4.78, 5) is 9.14. The number of hydrogen-bond acceptors (Lipinski definition) is 4. The van der Waals surface area contributed by atoms with Crippen molar-refractivity contribution < 1.29 is 23.5 Å². The van der Waals surface area contributed by atoms with Crippen molar-refractivity contribution in [1.82, 2.24) is 0 Å². The first kappa shape index (κ1) is 11.4. The van der Waals surface area contributed by atoms with Gasteiger partial charge in [-0.1, -0.05) is 6.58 Å². The zero-order chi connectivity index (χ0) is 11.1. The smallest absolute Gasteiger partial charge is 0.298 e. The Bertz CT molecular complexity index is 320. The summed E-state index contributed by atoms with van der Waals surface area (Å²) in [5.74, 6) is -0.750. The number of carboxylic acids is 1. The second-order valence-corrected chi connectivity index (χ2v) is 6.73. The maximum absolute atomic E-state index is 11.1. The maximum Gasteiger partial charge on any atom is 0.298 e. The first-order chi connectivity index (χ1) is 6.23. The van der Waals surface area contributed by atoms with Crippen LogP contribution in [0.3, 0.4) is 0 Å². The van der Waals surface area contributed by atoms with Crippen LogP contribution in [-0.4, -0.2) is 43.2 Å². The molecule has 5 nitrogen and oxygen atoms in total. The Balaban J connectivity index is 0.000000171. The van der Waals surface area contributed by atoms with Crippen LogP contribution in [0.2, 0.25) is 0 Å². The number of quaternary nitrogens is 1. The number of carbonyl (C=O) groups is 1. The highest BCUT2D eigenvalue weighted by atomic mass is 31.2. The molecule has 2 aliphatic heterocycles.